The number of anilines is 2. The molecule has 2 amide bonds. The molecule has 1 aromatic carbocycles. The number of rotatable bonds is 6. The quantitative estimate of drug-likeness (QED) is 0.763. The maximum atomic E-state index is 12.5. The maximum Gasteiger partial charge on any atom is 0.257 e. The monoisotopic (exact) mass is 314 g/mol. The van der Waals surface area contributed by atoms with E-state index in [2.05, 4.69) is 20.8 Å². The van der Waals surface area contributed by atoms with Crippen molar-refractivity contribution < 1.29 is 9.59 Å². The highest BCUT2D eigenvalue weighted by Crippen LogP contribution is 2.21. The first-order valence-electron chi connectivity index (χ1n) is 7.74. The minimum absolute atomic E-state index is 0.0808. The van der Waals surface area contributed by atoms with Crippen LogP contribution in [0.15, 0.2) is 24.3 Å². The third kappa shape index (κ3) is 4.18. The molecule has 0 aliphatic carbocycles. The molecule has 0 radical (unpaired) electrons. The summed E-state index contributed by atoms with van der Waals surface area (Å²) in [4.78, 5) is 24.4. The Bertz CT molecular complexity index is 687. The van der Waals surface area contributed by atoms with Gasteiger partial charge in [-0.25, -0.2) is 0 Å². The van der Waals surface area contributed by atoms with Gasteiger partial charge in [-0.05, 0) is 32.4 Å². The number of nitrogens with one attached hydrogen (secondary N) is 3. The van der Waals surface area contributed by atoms with Gasteiger partial charge >= 0.3 is 0 Å². The lowest BCUT2D eigenvalue weighted by Gasteiger charge is -2.11. The molecule has 0 unspecified atom stereocenters. The first-order valence-corrected chi connectivity index (χ1v) is 7.74. The highest BCUT2D eigenvalue weighted by Gasteiger charge is 2.16. The van der Waals surface area contributed by atoms with Crippen LogP contribution in [0.1, 0.15) is 47.9 Å². The highest BCUT2D eigenvalue weighted by molar-refractivity contribution is 6.10. The molecule has 0 fully saturated rings. The van der Waals surface area contributed by atoms with Crippen LogP contribution in [-0.2, 0) is 4.79 Å². The van der Waals surface area contributed by atoms with Crippen LogP contribution in [0.4, 0.5) is 11.4 Å². The fourth-order valence-electron chi connectivity index (χ4n) is 2.26. The summed E-state index contributed by atoms with van der Waals surface area (Å²) in [5.74, 6) is -0.355. The molecule has 0 aliphatic heterocycles. The van der Waals surface area contributed by atoms with Crippen LogP contribution in [0.25, 0.3) is 0 Å². The molecule has 0 bridgehead atoms. The number of carbonyl (C=O) groups excluding carboxylic acids is 2. The van der Waals surface area contributed by atoms with E-state index in [0.717, 1.165) is 24.2 Å². The lowest BCUT2D eigenvalue weighted by molar-refractivity contribution is -0.116. The van der Waals surface area contributed by atoms with E-state index in [4.69, 9.17) is 0 Å². The topological polar surface area (TPSA) is 86.9 Å². The molecule has 23 heavy (non-hydrogen) atoms. The van der Waals surface area contributed by atoms with E-state index in [1.54, 1.807) is 24.3 Å². The van der Waals surface area contributed by atoms with Crippen molar-refractivity contribution in [1.82, 2.24) is 10.2 Å². The van der Waals surface area contributed by atoms with Crippen molar-refractivity contribution in [3.63, 3.8) is 0 Å². The molecule has 2 aromatic rings. The zero-order valence-electron chi connectivity index (χ0n) is 13.7. The molecule has 0 aliphatic rings. The van der Waals surface area contributed by atoms with Gasteiger partial charge in [0.25, 0.3) is 5.91 Å². The molecule has 1 aromatic heterocycles. The molecule has 2 rings (SSSR count). The van der Waals surface area contributed by atoms with E-state index in [-0.39, 0.29) is 11.8 Å². The maximum absolute atomic E-state index is 12.5. The number of aryl methyl sites for hydroxylation is 2. The Morgan fingerprint density at radius 1 is 1.17 bits per heavy atom. The van der Waals surface area contributed by atoms with Crippen molar-refractivity contribution in [3.05, 3.63) is 41.2 Å². The van der Waals surface area contributed by atoms with E-state index in [9.17, 15) is 9.59 Å². The first-order chi connectivity index (χ1) is 11.0. The molecule has 3 N–H and O–H groups in total. The Morgan fingerprint density at radius 3 is 2.57 bits per heavy atom. The van der Waals surface area contributed by atoms with E-state index < -0.39 is 0 Å². The van der Waals surface area contributed by atoms with Gasteiger partial charge in [0.2, 0.25) is 5.91 Å². The molecule has 0 saturated heterocycles. The molecule has 122 valence electrons. The number of nitrogens with zero attached hydrogens (tertiary/aromatic N) is 1. The Hall–Kier alpha value is -2.63. The van der Waals surface area contributed by atoms with Crippen molar-refractivity contribution in [2.45, 2.75) is 40.0 Å². The van der Waals surface area contributed by atoms with Gasteiger partial charge in [-0.2, -0.15) is 5.10 Å². The molecule has 0 atom stereocenters. The standard InChI is InChI=1S/C17H22N4O2/c1-4-5-10-15(22)18-14-9-7-6-8-13(14)17(23)19-16-11(2)20-21-12(16)3/h6-9H,4-5,10H2,1-3H3,(H,18,22)(H,19,23)(H,20,21). The summed E-state index contributed by atoms with van der Waals surface area (Å²) in [7, 11) is 0. The molecular weight excluding hydrogens is 292 g/mol. The van der Waals surface area contributed by atoms with Crippen molar-refractivity contribution in [3.8, 4) is 0 Å². The highest BCUT2D eigenvalue weighted by atomic mass is 16.2. The zero-order valence-corrected chi connectivity index (χ0v) is 13.7. The molecule has 6 nitrogen and oxygen atoms in total. The number of carbonyl (C=O) groups is 2. The predicted molar refractivity (Wildman–Crippen MR) is 90.6 cm³/mol. The van der Waals surface area contributed by atoms with Crippen molar-refractivity contribution in [1.29, 1.82) is 0 Å². The molecule has 6 heteroatoms. The number of H-pyrrole nitrogens is 1. The van der Waals surface area contributed by atoms with Crippen LogP contribution in [0, 0.1) is 13.8 Å². The number of benzene rings is 1. The summed E-state index contributed by atoms with van der Waals surface area (Å²) in [5, 5.41) is 12.5. The Kier molecular flexibility index (Phi) is 5.51. The Labute approximate surface area is 135 Å². The van der Waals surface area contributed by atoms with Crippen LogP contribution in [-0.4, -0.2) is 22.0 Å². The minimum Gasteiger partial charge on any atom is -0.325 e. The summed E-state index contributed by atoms with van der Waals surface area (Å²) in [5.41, 5.74) is 3.13. The second-order valence-corrected chi connectivity index (χ2v) is 5.46. The van der Waals surface area contributed by atoms with E-state index in [1.165, 1.54) is 0 Å². The fraction of sp³-hybridized carbons (Fsp3) is 0.353. The van der Waals surface area contributed by atoms with Crippen LogP contribution >= 0.6 is 0 Å². The van der Waals surface area contributed by atoms with Crippen molar-refractivity contribution >= 4 is 23.2 Å². The van der Waals surface area contributed by atoms with Gasteiger partial charge in [0.1, 0.15) is 0 Å². The summed E-state index contributed by atoms with van der Waals surface area (Å²) in [6.07, 6.45) is 2.23. The SMILES string of the molecule is CCCCC(=O)Nc1ccccc1C(=O)Nc1c(C)n[nH]c1C. The van der Waals surface area contributed by atoms with Gasteiger partial charge in [0.15, 0.2) is 0 Å². The second-order valence-electron chi connectivity index (χ2n) is 5.46. The number of hydrogen-bond acceptors (Lipinski definition) is 3. The van der Waals surface area contributed by atoms with Crippen molar-refractivity contribution in [2.75, 3.05) is 10.6 Å². The zero-order chi connectivity index (χ0) is 16.8. The summed E-state index contributed by atoms with van der Waals surface area (Å²) < 4.78 is 0. The second kappa shape index (κ2) is 7.58. The van der Waals surface area contributed by atoms with E-state index >= 15 is 0 Å². The smallest absolute Gasteiger partial charge is 0.257 e. The molecule has 1 heterocycles. The van der Waals surface area contributed by atoms with Gasteiger partial charge in [-0.3, -0.25) is 14.7 Å². The normalized spacial score (nSPS) is 10.4. The summed E-state index contributed by atoms with van der Waals surface area (Å²) >= 11 is 0. The van der Waals surface area contributed by atoms with Gasteiger partial charge in [-0.1, -0.05) is 25.5 Å². The number of para-hydroxylation sites is 1. The van der Waals surface area contributed by atoms with Crippen LogP contribution < -0.4 is 10.6 Å². The largest absolute Gasteiger partial charge is 0.325 e. The number of unbranched alkanes of at least 4 members (excludes halogenated alkanes) is 1. The third-order valence-electron chi connectivity index (χ3n) is 3.57. The van der Waals surface area contributed by atoms with E-state index in [1.807, 2.05) is 20.8 Å². The number of aromatic amines is 1. The number of amides is 2. The van der Waals surface area contributed by atoms with Gasteiger partial charge in [0, 0.05) is 6.42 Å². The predicted octanol–water partition coefficient (Wildman–Crippen LogP) is 3.41. The molecule has 0 spiro atoms. The number of hydrogen-bond donors (Lipinski definition) is 3. The average molecular weight is 314 g/mol. The lowest BCUT2D eigenvalue weighted by Crippen LogP contribution is -2.18. The molecular formula is C17H22N4O2. The lowest BCUT2D eigenvalue weighted by atomic mass is 10.1. The average Bonchev–Trinajstić information content (AvgIpc) is 2.85. The van der Waals surface area contributed by atoms with Crippen LogP contribution in [0.3, 0.4) is 0 Å². The van der Waals surface area contributed by atoms with Gasteiger partial charge < -0.3 is 10.6 Å². The molecule has 0 saturated carbocycles. The summed E-state index contributed by atoms with van der Waals surface area (Å²) in [6, 6.07) is 6.98. The Balaban J connectivity index is 2.16. The van der Waals surface area contributed by atoms with Crippen LogP contribution in [0.2, 0.25) is 0 Å². The van der Waals surface area contributed by atoms with E-state index in [0.29, 0.717) is 23.4 Å². The fourth-order valence-corrected chi connectivity index (χ4v) is 2.26. The Morgan fingerprint density at radius 2 is 1.91 bits per heavy atom. The summed E-state index contributed by atoms with van der Waals surface area (Å²) in [6.45, 7) is 5.69. The van der Waals surface area contributed by atoms with Gasteiger partial charge in [0.05, 0.1) is 28.3 Å². The third-order valence-corrected chi connectivity index (χ3v) is 3.57. The minimum atomic E-state index is -0.274. The van der Waals surface area contributed by atoms with Crippen LogP contribution in [0.5, 0.6) is 0 Å². The van der Waals surface area contributed by atoms with Crippen molar-refractivity contribution in [2.24, 2.45) is 0 Å². The first kappa shape index (κ1) is 16.7. The van der Waals surface area contributed by atoms with Gasteiger partial charge in [-0.15, -0.1) is 0 Å². The number of aromatic nitrogens is 2.